The first-order valence-corrected chi connectivity index (χ1v) is 10.2. The van der Waals surface area contributed by atoms with Crippen molar-refractivity contribution in [2.24, 2.45) is 0 Å². The van der Waals surface area contributed by atoms with Crippen molar-refractivity contribution < 1.29 is 9.53 Å². The molecule has 0 aromatic heterocycles. The van der Waals surface area contributed by atoms with Gasteiger partial charge < -0.3 is 4.74 Å². The first kappa shape index (κ1) is 21.5. The van der Waals surface area contributed by atoms with Gasteiger partial charge in [0.25, 0.3) is 0 Å². The van der Waals surface area contributed by atoms with Gasteiger partial charge in [-0.15, -0.1) is 0 Å². The van der Waals surface area contributed by atoms with Crippen molar-refractivity contribution in [3.8, 4) is 0 Å². The molecule has 24 heavy (non-hydrogen) atoms. The monoisotopic (exact) mass is 339 g/mol. The first-order chi connectivity index (χ1) is 11.2. The molecule has 3 nitrogen and oxygen atoms in total. The Balaban J connectivity index is 2.67. The van der Waals surface area contributed by atoms with E-state index in [4.69, 9.17) is 4.74 Å². The van der Waals surface area contributed by atoms with E-state index in [2.05, 4.69) is 46.4 Å². The van der Waals surface area contributed by atoms with Crippen LogP contribution in [0.5, 0.6) is 0 Å². The molecule has 1 aliphatic rings. The summed E-state index contributed by atoms with van der Waals surface area (Å²) in [6, 6.07) is 0. The minimum absolute atomic E-state index is 0.00138. The van der Waals surface area contributed by atoms with Crippen LogP contribution in [-0.4, -0.2) is 34.6 Å². The Labute approximate surface area is 150 Å². The molecule has 0 amide bonds. The van der Waals surface area contributed by atoms with E-state index in [0.717, 1.165) is 45.1 Å². The fraction of sp³-hybridized carbons (Fsp3) is 0.952. The Morgan fingerprint density at radius 1 is 1.00 bits per heavy atom. The van der Waals surface area contributed by atoms with Crippen LogP contribution in [-0.2, 0) is 9.53 Å². The maximum absolute atomic E-state index is 12.1. The summed E-state index contributed by atoms with van der Waals surface area (Å²) in [7, 11) is 0. The Bertz CT molecular complexity index is 376. The summed E-state index contributed by atoms with van der Waals surface area (Å²) >= 11 is 0. The van der Waals surface area contributed by atoms with E-state index in [1.807, 2.05) is 0 Å². The topological polar surface area (TPSA) is 29.5 Å². The molecule has 3 heteroatoms. The van der Waals surface area contributed by atoms with Crippen molar-refractivity contribution in [3.05, 3.63) is 0 Å². The lowest BCUT2D eigenvalue weighted by molar-refractivity contribution is -0.150. The quantitative estimate of drug-likeness (QED) is 0.398. The van der Waals surface area contributed by atoms with Gasteiger partial charge >= 0.3 is 5.97 Å². The van der Waals surface area contributed by atoms with Crippen LogP contribution in [0.25, 0.3) is 0 Å². The minimum Gasteiger partial charge on any atom is -0.462 e. The predicted molar refractivity (Wildman–Crippen MR) is 102 cm³/mol. The lowest BCUT2D eigenvalue weighted by Crippen LogP contribution is -2.55. The minimum atomic E-state index is 0.00138. The maximum atomic E-state index is 12.1. The third-order valence-corrected chi connectivity index (χ3v) is 5.53. The zero-order chi connectivity index (χ0) is 18.2. The zero-order valence-electron chi connectivity index (χ0n) is 17.1. The van der Waals surface area contributed by atoms with Crippen LogP contribution in [0.1, 0.15) is 106 Å². The molecule has 1 unspecified atom stereocenters. The highest BCUT2D eigenvalue weighted by Crippen LogP contribution is 2.38. The van der Waals surface area contributed by atoms with E-state index in [1.54, 1.807) is 0 Å². The normalized spacial score (nSPS) is 23.7. The smallest absolute Gasteiger partial charge is 0.306 e. The fourth-order valence-electron chi connectivity index (χ4n) is 4.23. The van der Waals surface area contributed by atoms with E-state index in [0.29, 0.717) is 6.42 Å². The van der Waals surface area contributed by atoms with E-state index < -0.39 is 0 Å². The van der Waals surface area contributed by atoms with Crippen LogP contribution in [0.15, 0.2) is 0 Å². The SMILES string of the molecule is CCCCCC(=O)OC1CCC(C)(C)N(CCCCC)C(C)(C)C1. The fourth-order valence-corrected chi connectivity index (χ4v) is 4.23. The third-order valence-electron chi connectivity index (χ3n) is 5.53. The van der Waals surface area contributed by atoms with Crippen molar-refractivity contribution in [2.75, 3.05) is 6.54 Å². The lowest BCUT2D eigenvalue weighted by Gasteiger charge is -2.47. The van der Waals surface area contributed by atoms with Gasteiger partial charge in [-0.1, -0.05) is 39.5 Å². The van der Waals surface area contributed by atoms with E-state index >= 15 is 0 Å². The van der Waals surface area contributed by atoms with E-state index in [9.17, 15) is 4.79 Å². The van der Waals surface area contributed by atoms with Crippen LogP contribution >= 0.6 is 0 Å². The van der Waals surface area contributed by atoms with Gasteiger partial charge in [0, 0.05) is 23.9 Å². The molecule has 1 heterocycles. The Kier molecular flexibility index (Phi) is 8.76. The molecule has 1 saturated heterocycles. The Morgan fingerprint density at radius 3 is 2.25 bits per heavy atom. The van der Waals surface area contributed by atoms with E-state index in [1.165, 1.54) is 19.3 Å². The second-order valence-electron chi connectivity index (χ2n) is 8.80. The number of unbranched alkanes of at least 4 members (excludes halogenated alkanes) is 4. The molecule has 0 bridgehead atoms. The highest BCUT2D eigenvalue weighted by atomic mass is 16.5. The standard InChI is InChI=1S/C21H41NO2/c1-7-9-11-13-19(23)24-18-14-15-20(3,4)22(16-12-10-8-2)21(5,6)17-18/h18H,7-17H2,1-6H3. The maximum Gasteiger partial charge on any atom is 0.306 e. The summed E-state index contributed by atoms with van der Waals surface area (Å²) in [5, 5.41) is 0. The number of rotatable bonds is 9. The van der Waals surface area contributed by atoms with Crippen molar-refractivity contribution in [3.63, 3.8) is 0 Å². The van der Waals surface area contributed by atoms with Crippen LogP contribution in [0.2, 0.25) is 0 Å². The molecular formula is C21H41NO2. The molecule has 0 radical (unpaired) electrons. The van der Waals surface area contributed by atoms with Crippen molar-refractivity contribution in [1.29, 1.82) is 0 Å². The number of ether oxygens (including phenoxy) is 1. The summed E-state index contributed by atoms with van der Waals surface area (Å²) in [5.41, 5.74) is 0.239. The molecule has 0 aromatic carbocycles. The van der Waals surface area contributed by atoms with Crippen LogP contribution in [0.3, 0.4) is 0 Å². The van der Waals surface area contributed by atoms with Crippen LogP contribution in [0, 0.1) is 0 Å². The Hall–Kier alpha value is -0.570. The van der Waals surface area contributed by atoms with Gasteiger partial charge in [0.15, 0.2) is 0 Å². The number of carbonyl (C=O) groups is 1. The van der Waals surface area contributed by atoms with Gasteiger partial charge in [0.1, 0.15) is 6.10 Å². The van der Waals surface area contributed by atoms with Crippen LogP contribution in [0.4, 0.5) is 0 Å². The average Bonchev–Trinajstić information content (AvgIpc) is 2.56. The summed E-state index contributed by atoms with van der Waals surface area (Å²) in [5.74, 6) is 0.00138. The molecule has 0 spiro atoms. The highest BCUT2D eigenvalue weighted by molar-refractivity contribution is 5.69. The van der Waals surface area contributed by atoms with Gasteiger partial charge in [0.05, 0.1) is 0 Å². The largest absolute Gasteiger partial charge is 0.462 e. The number of hydrogen-bond acceptors (Lipinski definition) is 3. The molecule has 0 aromatic rings. The molecular weight excluding hydrogens is 298 g/mol. The summed E-state index contributed by atoms with van der Waals surface area (Å²) in [6.07, 6.45) is 10.7. The van der Waals surface area contributed by atoms with Crippen molar-refractivity contribution >= 4 is 5.97 Å². The number of nitrogens with zero attached hydrogens (tertiary/aromatic N) is 1. The number of hydrogen-bond donors (Lipinski definition) is 0. The van der Waals surface area contributed by atoms with Gasteiger partial charge in [-0.25, -0.2) is 0 Å². The molecule has 1 rings (SSSR count). The summed E-state index contributed by atoms with van der Waals surface area (Å²) in [4.78, 5) is 14.8. The highest BCUT2D eigenvalue weighted by Gasteiger charge is 2.42. The van der Waals surface area contributed by atoms with E-state index in [-0.39, 0.29) is 23.2 Å². The molecule has 1 fully saturated rings. The zero-order valence-corrected chi connectivity index (χ0v) is 17.1. The van der Waals surface area contributed by atoms with Crippen molar-refractivity contribution in [1.82, 2.24) is 4.90 Å². The third kappa shape index (κ3) is 6.74. The molecule has 0 aliphatic carbocycles. The van der Waals surface area contributed by atoms with Gasteiger partial charge in [-0.2, -0.15) is 0 Å². The second kappa shape index (κ2) is 9.79. The number of carbonyl (C=O) groups excluding carboxylic acids is 1. The van der Waals surface area contributed by atoms with Gasteiger partial charge in [0.2, 0.25) is 0 Å². The predicted octanol–water partition coefficient (Wildman–Crippen LogP) is 5.71. The molecule has 1 atom stereocenters. The molecule has 142 valence electrons. The molecule has 1 aliphatic heterocycles. The summed E-state index contributed by atoms with van der Waals surface area (Å²) < 4.78 is 5.86. The molecule has 0 N–H and O–H groups in total. The Morgan fingerprint density at radius 2 is 1.62 bits per heavy atom. The van der Waals surface area contributed by atoms with Gasteiger partial charge in [-0.3, -0.25) is 9.69 Å². The number of esters is 1. The van der Waals surface area contributed by atoms with Gasteiger partial charge in [-0.05, 0) is 59.9 Å². The lowest BCUT2D eigenvalue weighted by atomic mass is 9.91. The second-order valence-corrected chi connectivity index (χ2v) is 8.80. The number of likely N-dealkylation sites (tertiary alicyclic amines) is 1. The average molecular weight is 340 g/mol. The first-order valence-electron chi connectivity index (χ1n) is 10.2. The van der Waals surface area contributed by atoms with Crippen molar-refractivity contribution in [2.45, 2.75) is 123 Å². The molecule has 0 saturated carbocycles. The summed E-state index contributed by atoms with van der Waals surface area (Å²) in [6.45, 7) is 14.9. The van der Waals surface area contributed by atoms with Crippen LogP contribution < -0.4 is 0 Å².